The van der Waals surface area contributed by atoms with Crippen LogP contribution in [0.15, 0.2) is 48.8 Å². The maximum atomic E-state index is 15.2. The second kappa shape index (κ2) is 9.18. The van der Waals surface area contributed by atoms with Crippen molar-refractivity contribution in [3.8, 4) is 16.9 Å². The lowest BCUT2D eigenvalue weighted by Gasteiger charge is -2.20. The molecule has 1 N–H and O–H groups in total. The molecule has 2 aliphatic rings. The number of benzene rings is 2. The maximum Gasteiger partial charge on any atom is 0.387 e. The molecule has 4 aromatic rings. The molecule has 2 aromatic carbocycles. The second-order valence-electron chi connectivity index (χ2n) is 9.06. The minimum Gasteiger partial charge on any atom is -0.434 e. The zero-order valence-electron chi connectivity index (χ0n) is 19.2. The Balaban J connectivity index is 1.41. The third-order valence-electron chi connectivity index (χ3n) is 6.93. The molecular formula is C26H23F3N4O3. The monoisotopic (exact) mass is 496 g/mol. The first-order valence-corrected chi connectivity index (χ1v) is 11.8. The Morgan fingerprint density at radius 1 is 1.08 bits per heavy atom. The second-order valence-corrected chi connectivity index (χ2v) is 9.06. The van der Waals surface area contributed by atoms with Crippen molar-refractivity contribution in [2.45, 2.75) is 43.9 Å². The molecule has 0 aliphatic carbocycles. The summed E-state index contributed by atoms with van der Waals surface area (Å²) in [5.41, 5.74) is 2.23. The predicted molar refractivity (Wildman–Crippen MR) is 124 cm³/mol. The fourth-order valence-electron chi connectivity index (χ4n) is 5.21. The molecule has 36 heavy (non-hydrogen) atoms. The normalized spacial score (nSPS) is 20.2. The standard InChI is InChI=1S/C26H23F3N4O3/c27-18-10-19-21(9-17(18)15-12-30-24(31-13-15)14-5-7-35-8-6-14)33-20(11-22(34)25(33)32-19)16-3-1-2-4-23(16)36-26(28)29/h1-4,9-10,12-14,20,22,26,34H,5-8,11H2. The highest BCUT2D eigenvalue weighted by molar-refractivity contribution is 5.83. The van der Waals surface area contributed by atoms with Gasteiger partial charge in [-0.2, -0.15) is 8.78 Å². The van der Waals surface area contributed by atoms with Crippen LogP contribution in [0.5, 0.6) is 5.75 Å². The van der Waals surface area contributed by atoms with Gasteiger partial charge < -0.3 is 19.1 Å². The third-order valence-corrected chi connectivity index (χ3v) is 6.93. The number of halogens is 3. The molecule has 0 bridgehead atoms. The largest absolute Gasteiger partial charge is 0.434 e. The van der Waals surface area contributed by atoms with Crippen molar-refractivity contribution in [1.82, 2.24) is 19.5 Å². The first-order valence-electron chi connectivity index (χ1n) is 11.8. The van der Waals surface area contributed by atoms with Gasteiger partial charge in [-0.05, 0) is 25.0 Å². The van der Waals surface area contributed by atoms with Crippen molar-refractivity contribution in [3.05, 3.63) is 71.8 Å². The number of aliphatic hydroxyl groups excluding tert-OH is 1. The van der Waals surface area contributed by atoms with Crippen molar-refractivity contribution in [2.75, 3.05) is 13.2 Å². The van der Waals surface area contributed by atoms with Gasteiger partial charge in [0.05, 0.1) is 17.1 Å². The van der Waals surface area contributed by atoms with E-state index in [1.807, 2.05) is 0 Å². The molecule has 186 valence electrons. The minimum atomic E-state index is -2.98. The smallest absolute Gasteiger partial charge is 0.387 e. The van der Waals surface area contributed by atoms with Crippen LogP contribution in [-0.4, -0.2) is 44.5 Å². The number of nitrogens with zero attached hydrogens (tertiary/aromatic N) is 4. The van der Waals surface area contributed by atoms with Gasteiger partial charge >= 0.3 is 6.61 Å². The summed E-state index contributed by atoms with van der Waals surface area (Å²) in [6.07, 6.45) is 4.22. The van der Waals surface area contributed by atoms with Gasteiger partial charge in [-0.3, -0.25) is 0 Å². The van der Waals surface area contributed by atoms with Gasteiger partial charge in [-0.25, -0.2) is 19.3 Å². The number of aliphatic hydroxyl groups is 1. The number of alkyl halides is 2. The fraction of sp³-hybridized carbons (Fsp3) is 0.346. The van der Waals surface area contributed by atoms with Crippen molar-refractivity contribution in [2.24, 2.45) is 0 Å². The van der Waals surface area contributed by atoms with E-state index in [1.165, 1.54) is 12.1 Å². The number of imidazole rings is 1. The van der Waals surface area contributed by atoms with Crippen LogP contribution in [-0.2, 0) is 4.74 Å². The Kier molecular flexibility index (Phi) is 5.85. The van der Waals surface area contributed by atoms with Crippen molar-refractivity contribution < 1.29 is 27.8 Å². The van der Waals surface area contributed by atoms with E-state index in [2.05, 4.69) is 15.0 Å². The lowest BCUT2D eigenvalue weighted by molar-refractivity contribution is -0.0507. The van der Waals surface area contributed by atoms with E-state index in [0.29, 0.717) is 52.6 Å². The van der Waals surface area contributed by atoms with E-state index in [0.717, 1.165) is 12.8 Å². The van der Waals surface area contributed by atoms with Crippen molar-refractivity contribution >= 4 is 11.0 Å². The average Bonchev–Trinajstić information content (AvgIpc) is 3.41. The number of para-hydroxylation sites is 1. The summed E-state index contributed by atoms with van der Waals surface area (Å²) in [5, 5.41) is 10.7. The Hall–Kier alpha value is -3.50. The highest BCUT2D eigenvalue weighted by atomic mass is 19.3. The van der Waals surface area contributed by atoms with Crippen LogP contribution in [0.2, 0.25) is 0 Å². The van der Waals surface area contributed by atoms with Gasteiger partial charge in [-0.15, -0.1) is 0 Å². The highest BCUT2D eigenvalue weighted by Gasteiger charge is 2.36. The number of ether oxygens (including phenoxy) is 2. The molecule has 0 spiro atoms. The quantitative estimate of drug-likeness (QED) is 0.411. The van der Waals surface area contributed by atoms with Crippen LogP contribution in [0, 0.1) is 5.82 Å². The Morgan fingerprint density at radius 3 is 2.58 bits per heavy atom. The van der Waals surface area contributed by atoms with Gasteiger partial charge in [0.25, 0.3) is 0 Å². The summed E-state index contributed by atoms with van der Waals surface area (Å²) < 4.78 is 53.1. The molecule has 1 saturated heterocycles. The SMILES string of the molecule is OC1CC(c2ccccc2OC(F)F)n2c1nc1cc(F)c(-c3cnc(C4CCOCC4)nc3)cc12. The van der Waals surface area contributed by atoms with Crippen LogP contribution in [0.4, 0.5) is 13.2 Å². The summed E-state index contributed by atoms with van der Waals surface area (Å²) in [4.78, 5) is 13.4. The summed E-state index contributed by atoms with van der Waals surface area (Å²) >= 11 is 0. The Morgan fingerprint density at radius 2 is 1.83 bits per heavy atom. The molecule has 2 aliphatic heterocycles. The number of rotatable bonds is 5. The molecule has 2 atom stereocenters. The summed E-state index contributed by atoms with van der Waals surface area (Å²) in [6, 6.07) is 8.93. The van der Waals surface area contributed by atoms with Crippen LogP contribution in [0.3, 0.4) is 0 Å². The summed E-state index contributed by atoms with van der Waals surface area (Å²) in [7, 11) is 0. The lowest BCUT2D eigenvalue weighted by atomic mass is 9.99. The number of fused-ring (bicyclic) bond motifs is 3. The van der Waals surface area contributed by atoms with Crippen LogP contribution < -0.4 is 4.74 Å². The summed E-state index contributed by atoms with van der Waals surface area (Å²) in [5.74, 6) is 0.820. The zero-order valence-corrected chi connectivity index (χ0v) is 19.2. The molecule has 2 aromatic heterocycles. The van der Waals surface area contributed by atoms with E-state index in [1.54, 1.807) is 41.2 Å². The number of hydrogen-bond acceptors (Lipinski definition) is 6. The van der Waals surface area contributed by atoms with E-state index < -0.39 is 24.6 Å². The van der Waals surface area contributed by atoms with Crippen LogP contribution in [0.25, 0.3) is 22.2 Å². The molecule has 6 rings (SSSR count). The van der Waals surface area contributed by atoms with Crippen LogP contribution in [0.1, 0.15) is 54.5 Å². The average molecular weight is 496 g/mol. The molecule has 7 nitrogen and oxygen atoms in total. The Labute approximate surface area is 204 Å². The molecule has 0 radical (unpaired) electrons. The molecule has 1 fully saturated rings. The molecule has 0 saturated carbocycles. The van der Waals surface area contributed by atoms with Gasteiger partial charge in [0, 0.05) is 60.7 Å². The van der Waals surface area contributed by atoms with Crippen molar-refractivity contribution in [3.63, 3.8) is 0 Å². The minimum absolute atomic E-state index is 0.0267. The Bertz CT molecular complexity index is 1400. The van der Waals surface area contributed by atoms with E-state index in [4.69, 9.17) is 9.47 Å². The third kappa shape index (κ3) is 4.00. The zero-order chi connectivity index (χ0) is 24.8. The first-order chi connectivity index (χ1) is 17.5. The highest BCUT2D eigenvalue weighted by Crippen LogP contribution is 2.44. The fourth-order valence-corrected chi connectivity index (χ4v) is 5.21. The molecule has 0 amide bonds. The van der Waals surface area contributed by atoms with Crippen LogP contribution >= 0.6 is 0 Å². The number of aromatic nitrogens is 4. The molecule has 2 unspecified atom stereocenters. The van der Waals surface area contributed by atoms with E-state index in [-0.39, 0.29) is 18.1 Å². The number of hydrogen-bond donors (Lipinski definition) is 1. The van der Waals surface area contributed by atoms with Gasteiger partial charge in [-0.1, -0.05) is 18.2 Å². The van der Waals surface area contributed by atoms with Gasteiger partial charge in [0.1, 0.15) is 29.3 Å². The predicted octanol–water partition coefficient (Wildman–Crippen LogP) is 5.15. The topological polar surface area (TPSA) is 82.3 Å². The van der Waals surface area contributed by atoms with E-state index >= 15 is 4.39 Å². The molecular weight excluding hydrogens is 473 g/mol. The van der Waals surface area contributed by atoms with Gasteiger partial charge in [0.15, 0.2) is 0 Å². The van der Waals surface area contributed by atoms with Crippen molar-refractivity contribution in [1.29, 1.82) is 0 Å². The van der Waals surface area contributed by atoms with E-state index in [9.17, 15) is 13.9 Å². The first kappa shape index (κ1) is 22.9. The lowest BCUT2D eigenvalue weighted by Crippen LogP contribution is -2.16. The summed E-state index contributed by atoms with van der Waals surface area (Å²) in [6.45, 7) is -1.64. The van der Waals surface area contributed by atoms with Gasteiger partial charge in [0.2, 0.25) is 0 Å². The molecule has 10 heteroatoms. The maximum absolute atomic E-state index is 15.2. The molecule has 4 heterocycles.